The second kappa shape index (κ2) is 12.2. The van der Waals surface area contributed by atoms with Crippen molar-refractivity contribution in [3.8, 4) is 16.9 Å². The highest BCUT2D eigenvalue weighted by molar-refractivity contribution is 5.98. The molecule has 1 aliphatic heterocycles. The highest BCUT2D eigenvalue weighted by Gasteiger charge is 2.23. The van der Waals surface area contributed by atoms with Crippen molar-refractivity contribution in [3.63, 3.8) is 0 Å². The number of nitrogens with one attached hydrogen (secondary N) is 4. The fraction of sp³-hybridized carbons (Fsp3) is 0.250. The minimum atomic E-state index is -0.617. The molecule has 4 aromatic rings. The van der Waals surface area contributed by atoms with Crippen molar-refractivity contribution in [1.29, 1.82) is 0 Å². The first kappa shape index (κ1) is 27.2. The van der Waals surface area contributed by atoms with Crippen LogP contribution in [-0.2, 0) is 14.3 Å². The lowest BCUT2D eigenvalue weighted by molar-refractivity contribution is -0.120. The number of rotatable bonds is 5. The van der Waals surface area contributed by atoms with Crippen LogP contribution in [0.3, 0.4) is 0 Å². The van der Waals surface area contributed by atoms with Gasteiger partial charge in [-0.15, -0.1) is 5.10 Å². The Morgan fingerprint density at radius 1 is 1.17 bits per heavy atom. The SMILES string of the molecule is COC(=O)Nc1ccc2c(c1)NC(=O)C(C)CCCC(NC(=O)C=Cc1ccccc1-n1cnnn1)c1ncc-2[nH]1. The van der Waals surface area contributed by atoms with Gasteiger partial charge in [-0.1, -0.05) is 31.5 Å². The molecule has 41 heavy (non-hydrogen) atoms. The van der Waals surface area contributed by atoms with Gasteiger partial charge < -0.3 is 20.4 Å². The van der Waals surface area contributed by atoms with Gasteiger partial charge in [0.05, 0.1) is 36.4 Å². The molecule has 0 fully saturated rings. The number of benzene rings is 2. The van der Waals surface area contributed by atoms with Gasteiger partial charge in [-0.25, -0.2) is 9.78 Å². The molecule has 2 unspecified atom stereocenters. The number of ether oxygens (including phenoxy) is 1. The van der Waals surface area contributed by atoms with Gasteiger partial charge in [-0.05, 0) is 53.6 Å². The zero-order chi connectivity index (χ0) is 28.8. The second-order valence-corrected chi connectivity index (χ2v) is 9.59. The molecule has 0 saturated carbocycles. The number of imidazole rings is 1. The maximum Gasteiger partial charge on any atom is 0.411 e. The number of hydrogen-bond acceptors (Lipinski definition) is 8. The lowest BCUT2D eigenvalue weighted by Gasteiger charge is -2.19. The van der Waals surface area contributed by atoms with Crippen molar-refractivity contribution in [2.75, 3.05) is 17.7 Å². The van der Waals surface area contributed by atoms with Crippen molar-refractivity contribution < 1.29 is 19.1 Å². The molecule has 2 atom stereocenters. The van der Waals surface area contributed by atoms with Crippen LogP contribution in [-0.4, -0.2) is 55.2 Å². The Morgan fingerprint density at radius 2 is 2.02 bits per heavy atom. The zero-order valence-electron chi connectivity index (χ0n) is 22.5. The summed E-state index contributed by atoms with van der Waals surface area (Å²) in [5, 5.41) is 19.9. The Labute approximate surface area is 235 Å². The van der Waals surface area contributed by atoms with Gasteiger partial charge in [-0.2, -0.15) is 4.68 Å². The highest BCUT2D eigenvalue weighted by atomic mass is 16.5. The van der Waals surface area contributed by atoms with Crippen LogP contribution < -0.4 is 16.0 Å². The average Bonchev–Trinajstić information content (AvgIpc) is 3.68. The monoisotopic (exact) mass is 555 g/mol. The molecule has 13 nitrogen and oxygen atoms in total. The molecular formula is C28H29N9O4. The summed E-state index contributed by atoms with van der Waals surface area (Å²) in [6.45, 7) is 1.86. The van der Waals surface area contributed by atoms with Crippen molar-refractivity contribution in [3.05, 3.63) is 72.5 Å². The normalized spacial score (nSPS) is 17.1. The van der Waals surface area contributed by atoms with Gasteiger partial charge in [0.2, 0.25) is 11.8 Å². The van der Waals surface area contributed by atoms with E-state index in [2.05, 4.69) is 46.2 Å². The van der Waals surface area contributed by atoms with Crippen LogP contribution >= 0.6 is 0 Å². The molecule has 4 N–H and O–H groups in total. The minimum Gasteiger partial charge on any atom is -0.453 e. The third-order valence-corrected chi connectivity index (χ3v) is 6.77. The third kappa shape index (κ3) is 6.46. The molecular weight excluding hydrogens is 526 g/mol. The first-order valence-electron chi connectivity index (χ1n) is 13.1. The molecule has 2 aromatic carbocycles. The van der Waals surface area contributed by atoms with E-state index in [9.17, 15) is 14.4 Å². The summed E-state index contributed by atoms with van der Waals surface area (Å²) in [5.41, 5.74) is 3.82. The average molecular weight is 556 g/mol. The van der Waals surface area contributed by atoms with Crippen LogP contribution in [0, 0.1) is 5.92 Å². The standard InChI is InChI=1S/C28H29N9O4/c1-17-6-5-8-21(32-25(38)13-10-18-7-3-4-9-24(18)37-16-30-35-36-37)26-29-15-23(33-26)20-12-11-19(31-28(40)41-2)14-22(20)34-27(17)39/h3-4,7,9-17,21H,5-6,8H2,1-2H3,(H,29,33)(H,31,40)(H,32,38)(H,34,39). The van der Waals surface area contributed by atoms with Crippen LogP contribution in [0.25, 0.3) is 23.0 Å². The number of carbonyl (C=O) groups excluding carboxylic acids is 3. The summed E-state index contributed by atoms with van der Waals surface area (Å²) in [6, 6.07) is 12.2. The number of carbonyl (C=O) groups is 3. The number of para-hydroxylation sites is 1. The molecule has 0 aliphatic carbocycles. The van der Waals surface area contributed by atoms with E-state index in [1.165, 1.54) is 24.2 Å². The van der Waals surface area contributed by atoms with Crippen LogP contribution in [0.1, 0.15) is 43.6 Å². The maximum atomic E-state index is 13.0. The number of aromatic amines is 1. The lowest BCUT2D eigenvalue weighted by Crippen LogP contribution is -2.28. The Kier molecular flexibility index (Phi) is 8.13. The Morgan fingerprint density at radius 3 is 2.83 bits per heavy atom. The fourth-order valence-corrected chi connectivity index (χ4v) is 4.57. The number of fused-ring (bicyclic) bond motifs is 4. The largest absolute Gasteiger partial charge is 0.453 e. The summed E-state index contributed by atoms with van der Waals surface area (Å²) in [4.78, 5) is 45.6. The number of aromatic nitrogens is 6. The lowest BCUT2D eigenvalue weighted by atomic mass is 9.99. The van der Waals surface area contributed by atoms with E-state index in [0.29, 0.717) is 47.7 Å². The molecule has 0 saturated heterocycles. The summed E-state index contributed by atoms with van der Waals surface area (Å²) < 4.78 is 6.20. The molecule has 2 bridgehead atoms. The maximum absolute atomic E-state index is 13.0. The smallest absolute Gasteiger partial charge is 0.411 e. The van der Waals surface area contributed by atoms with E-state index >= 15 is 0 Å². The number of hydrogen-bond donors (Lipinski definition) is 4. The first-order chi connectivity index (χ1) is 19.9. The van der Waals surface area contributed by atoms with Crippen molar-refractivity contribution >= 4 is 35.4 Å². The van der Waals surface area contributed by atoms with Crippen molar-refractivity contribution in [2.45, 2.75) is 32.2 Å². The van der Waals surface area contributed by atoms with E-state index in [-0.39, 0.29) is 17.7 Å². The number of methoxy groups -OCH3 is 1. The Balaban J connectivity index is 1.40. The van der Waals surface area contributed by atoms with Gasteiger partial charge in [0.25, 0.3) is 0 Å². The summed E-state index contributed by atoms with van der Waals surface area (Å²) >= 11 is 0. The van der Waals surface area contributed by atoms with Crippen molar-refractivity contribution in [2.24, 2.45) is 5.92 Å². The molecule has 0 radical (unpaired) electrons. The summed E-state index contributed by atoms with van der Waals surface area (Å²) in [7, 11) is 1.28. The second-order valence-electron chi connectivity index (χ2n) is 9.59. The first-order valence-corrected chi connectivity index (χ1v) is 13.1. The van der Waals surface area contributed by atoms with Crippen LogP contribution in [0.4, 0.5) is 16.2 Å². The topological polar surface area (TPSA) is 169 Å². The predicted molar refractivity (Wildman–Crippen MR) is 151 cm³/mol. The number of H-pyrrole nitrogens is 1. The molecule has 3 heterocycles. The highest BCUT2D eigenvalue weighted by Crippen LogP contribution is 2.32. The van der Waals surface area contributed by atoms with E-state index in [0.717, 1.165) is 11.3 Å². The summed E-state index contributed by atoms with van der Waals surface area (Å²) in [5.74, 6) is -0.124. The van der Waals surface area contributed by atoms with Gasteiger partial charge in [0, 0.05) is 28.8 Å². The molecule has 0 spiro atoms. The van der Waals surface area contributed by atoms with Gasteiger partial charge in [-0.3, -0.25) is 14.9 Å². The van der Waals surface area contributed by atoms with Crippen LogP contribution in [0.15, 0.2) is 61.1 Å². The number of tetrazole rings is 1. The van der Waals surface area contributed by atoms with Gasteiger partial charge in [0.1, 0.15) is 12.2 Å². The van der Waals surface area contributed by atoms with Crippen LogP contribution in [0.2, 0.25) is 0 Å². The Bertz CT molecular complexity index is 1580. The molecule has 5 rings (SSSR count). The van der Waals surface area contributed by atoms with Gasteiger partial charge in [0.15, 0.2) is 0 Å². The fourth-order valence-electron chi connectivity index (χ4n) is 4.57. The number of amides is 3. The van der Waals surface area contributed by atoms with E-state index in [1.54, 1.807) is 30.5 Å². The molecule has 2 aromatic heterocycles. The molecule has 3 amide bonds. The zero-order valence-corrected chi connectivity index (χ0v) is 22.5. The van der Waals surface area contributed by atoms with Crippen molar-refractivity contribution in [1.82, 2.24) is 35.5 Å². The van der Waals surface area contributed by atoms with E-state index < -0.39 is 12.1 Å². The van der Waals surface area contributed by atoms with E-state index in [4.69, 9.17) is 0 Å². The molecule has 210 valence electrons. The molecule has 1 aliphatic rings. The Hall–Kier alpha value is -5.33. The predicted octanol–water partition coefficient (Wildman–Crippen LogP) is 3.86. The summed E-state index contributed by atoms with van der Waals surface area (Å²) in [6.07, 6.45) is 7.57. The quantitative estimate of drug-likeness (QED) is 0.269. The minimum absolute atomic E-state index is 0.147. The van der Waals surface area contributed by atoms with Gasteiger partial charge >= 0.3 is 6.09 Å². The number of nitrogens with zero attached hydrogens (tertiary/aromatic N) is 5. The third-order valence-electron chi connectivity index (χ3n) is 6.77. The molecule has 13 heteroatoms. The van der Waals surface area contributed by atoms with Crippen LogP contribution in [0.5, 0.6) is 0 Å². The number of anilines is 2. The van der Waals surface area contributed by atoms with E-state index in [1.807, 2.05) is 31.2 Å².